The van der Waals surface area contributed by atoms with Crippen molar-refractivity contribution in [2.24, 2.45) is 0 Å². The molecule has 8 heteroatoms. The van der Waals surface area contributed by atoms with Crippen LogP contribution in [0.3, 0.4) is 0 Å². The van der Waals surface area contributed by atoms with E-state index in [0.29, 0.717) is 31.8 Å². The van der Waals surface area contributed by atoms with E-state index >= 15 is 0 Å². The summed E-state index contributed by atoms with van der Waals surface area (Å²) in [7, 11) is 1.45. The molecule has 2 aromatic carbocycles. The number of aromatic hydroxyl groups is 1. The molecule has 3 rings (SSSR count). The van der Waals surface area contributed by atoms with Crippen LogP contribution in [0.5, 0.6) is 11.5 Å². The molecule has 1 fully saturated rings. The monoisotopic (exact) mass is 415 g/mol. The fourth-order valence-electron chi connectivity index (χ4n) is 2.61. The number of rotatable bonds is 5. The molecule has 1 aliphatic heterocycles. The van der Waals surface area contributed by atoms with E-state index in [1.54, 1.807) is 49.4 Å². The van der Waals surface area contributed by atoms with Crippen LogP contribution >= 0.6 is 24.0 Å². The Hall–Kier alpha value is -2.84. The van der Waals surface area contributed by atoms with Gasteiger partial charge in [-0.3, -0.25) is 9.69 Å². The highest BCUT2D eigenvalue weighted by Gasteiger charge is 2.33. The molecule has 0 saturated carbocycles. The highest BCUT2D eigenvalue weighted by molar-refractivity contribution is 8.27. The lowest BCUT2D eigenvalue weighted by atomic mass is 10.1. The largest absolute Gasteiger partial charge is 0.504 e. The van der Waals surface area contributed by atoms with Gasteiger partial charge in [-0.15, -0.1) is 0 Å². The van der Waals surface area contributed by atoms with Crippen molar-refractivity contribution in [1.29, 1.82) is 0 Å². The number of hydrogen-bond acceptors (Lipinski definition) is 7. The van der Waals surface area contributed by atoms with E-state index in [1.807, 2.05) is 0 Å². The zero-order valence-electron chi connectivity index (χ0n) is 15.2. The number of methoxy groups -OCH3 is 1. The first-order valence-corrected chi connectivity index (χ1v) is 9.59. The van der Waals surface area contributed by atoms with Gasteiger partial charge < -0.3 is 14.6 Å². The minimum Gasteiger partial charge on any atom is -0.504 e. The molecule has 0 radical (unpaired) electrons. The summed E-state index contributed by atoms with van der Waals surface area (Å²) < 4.78 is 10.5. The summed E-state index contributed by atoms with van der Waals surface area (Å²) in [4.78, 5) is 26.7. The molecule has 2 aromatic rings. The Morgan fingerprint density at radius 3 is 2.79 bits per heavy atom. The van der Waals surface area contributed by atoms with E-state index < -0.39 is 5.97 Å². The van der Waals surface area contributed by atoms with Gasteiger partial charge in [-0.05, 0) is 48.9 Å². The van der Waals surface area contributed by atoms with E-state index in [9.17, 15) is 14.7 Å². The first-order valence-electron chi connectivity index (χ1n) is 8.36. The minimum atomic E-state index is -0.457. The maximum Gasteiger partial charge on any atom is 0.338 e. The highest BCUT2D eigenvalue weighted by atomic mass is 32.2. The Balaban J connectivity index is 1.90. The molecular formula is C20H17NO5S2. The predicted molar refractivity (Wildman–Crippen MR) is 113 cm³/mol. The predicted octanol–water partition coefficient (Wildman–Crippen LogP) is 3.98. The number of anilines is 1. The van der Waals surface area contributed by atoms with Crippen LogP contribution in [-0.4, -0.2) is 35.0 Å². The Morgan fingerprint density at radius 2 is 2.07 bits per heavy atom. The van der Waals surface area contributed by atoms with Crippen molar-refractivity contribution < 1.29 is 24.2 Å². The van der Waals surface area contributed by atoms with E-state index in [1.165, 1.54) is 18.1 Å². The molecule has 1 heterocycles. The molecule has 1 N–H and O–H groups in total. The second-order valence-electron chi connectivity index (χ2n) is 5.72. The fraction of sp³-hybridized carbons (Fsp3) is 0.150. The zero-order valence-corrected chi connectivity index (χ0v) is 16.8. The number of hydrogen-bond donors (Lipinski definition) is 1. The van der Waals surface area contributed by atoms with Crippen LogP contribution in [0, 0.1) is 0 Å². The molecule has 28 heavy (non-hydrogen) atoms. The second kappa shape index (κ2) is 8.45. The zero-order chi connectivity index (χ0) is 20.3. The number of phenolic OH excluding ortho intramolecular Hbond substituents is 1. The third-order valence-electron chi connectivity index (χ3n) is 3.91. The summed E-state index contributed by atoms with van der Waals surface area (Å²) in [5.74, 6) is -0.418. The van der Waals surface area contributed by atoms with Crippen molar-refractivity contribution in [3.63, 3.8) is 0 Å². The topological polar surface area (TPSA) is 76.1 Å². The number of thiocarbonyl (C=S) groups is 1. The van der Waals surface area contributed by atoms with Gasteiger partial charge in [0.2, 0.25) is 0 Å². The number of esters is 1. The SMILES string of the molecule is CCOC(=O)c1cccc(N2C(=O)/C(=C\c3ccc(O)c(OC)c3)SC2=S)c1. The molecule has 0 spiro atoms. The van der Waals surface area contributed by atoms with E-state index in [0.717, 1.165) is 11.8 Å². The first-order chi connectivity index (χ1) is 13.4. The van der Waals surface area contributed by atoms with Gasteiger partial charge in [0.25, 0.3) is 5.91 Å². The third kappa shape index (κ3) is 4.02. The number of amides is 1. The van der Waals surface area contributed by atoms with Crippen molar-refractivity contribution >= 4 is 51.9 Å². The summed E-state index contributed by atoms with van der Waals surface area (Å²) in [5.41, 5.74) is 1.54. The average molecular weight is 415 g/mol. The van der Waals surface area contributed by atoms with Gasteiger partial charge in [0.15, 0.2) is 15.8 Å². The van der Waals surface area contributed by atoms with E-state index in [-0.39, 0.29) is 18.3 Å². The molecular weight excluding hydrogens is 398 g/mol. The number of benzene rings is 2. The number of ether oxygens (including phenoxy) is 2. The molecule has 144 valence electrons. The summed E-state index contributed by atoms with van der Waals surface area (Å²) in [5, 5.41) is 9.70. The summed E-state index contributed by atoms with van der Waals surface area (Å²) in [6.07, 6.45) is 1.68. The maximum absolute atomic E-state index is 12.9. The molecule has 1 amide bonds. The average Bonchev–Trinajstić information content (AvgIpc) is 2.96. The number of phenols is 1. The number of carbonyl (C=O) groups excluding carboxylic acids is 2. The van der Waals surface area contributed by atoms with Crippen LogP contribution in [0.25, 0.3) is 6.08 Å². The molecule has 0 bridgehead atoms. The quantitative estimate of drug-likeness (QED) is 0.450. The first kappa shape index (κ1) is 19.9. The fourth-order valence-corrected chi connectivity index (χ4v) is 3.91. The number of nitrogens with zero attached hydrogens (tertiary/aromatic N) is 1. The number of thioether (sulfide) groups is 1. The van der Waals surface area contributed by atoms with Crippen molar-refractivity contribution in [1.82, 2.24) is 0 Å². The van der Waals surface area contributed by atoms with Gasteiger partial charge in [-0.25, -0.2) is 4.79 Å². The standard InChI is InChI=1S/C20H17NO5S2/c1-3-26-19(24)13-5-4-6-14(11-13)21-18(23)17(28-20(21)27)10-12-7-8-15(22)16(9-12)25-2/h4-11,22H,3H2,1-2H3/b17-10+. The smallest absolute Gasteiger partial charge is 0.338 e. The summed E-state index contributed by atoms with van der Waals surface area (Å²) >= 11 is 6.53. The third-order valence-corrected chi connectivity index (χ3v) is 5.21. The lowest BCUT2D eigenvalue weighted by molar-refractivity contribution is -0.113. The van der Waals surface area contributed by atoms with Gasteiger partial charge in [-0.2, -0.15) is 0 Å². The number of carbonyl (C=O) groups is 2. The van der Waals surface area contributed by atoms with Crippen molar-refractivity contribution in [3.05, 3.63) is 58.5 Å². The van der Waals surface area contributed by atoms with Gasteiger partial charge >= 0.3 is 5.97 Å². The van der Waals surface area contributed by atoms with Gasteiger partial charge in [-0.1, -0.05) is 36.1 Å². The normalized spacial score (nSPS) is 15.2. The summed E-state index contributed by atoms with van der Waals surface area (Å²) in [6.45, 7) is 2.00. The highest BCUT2D eigenvalue weighted by Crippen LogP contribution is 2.37. The lowest BCUT2D eigenvalue weighted by Gasteiger charge is -2.15. The van der Waals surface area contributed by atoms with Gasteiger partial charge in [0, 0.05) is 0 Å². The Bertz CT molecular complexity index is 986. The Morgan fingerprint density at radius 1 is 1.29 bits per heavy atom. The van der Waals surface area contributed by atoms with Crippen LogP contribution in [0.15, 0.2) is 47.4 Å². The second-order valence-corrected chi connectivity index (χ2v) is 7.39. The van der Waals surface area contributed by atoms with Crippen molar-refractivity contribution in [2.45, 2.75) is 6.92 Å². The lowest BCUT2D eigenvalue weighted by Crippen LogP contribution is -2.27. The molecule has 1 aliphatic rings. The van der Waals surface area contributed by atoms with E-state index in [4.69, 9.17) is 21.7 Å². The Labute approximate surface area is 171 Å². The molecule has 0 aromatic heterocycles. The van der Waals surface area contributed by atoms with Crippen LogP contribution < -0.4 is 9.64 Å². The van der Waals surface area contributed by atoms with Gasteiger partial charge in [0.1, 0.15) is 0 Å². The van der Waals surface area contributed by atoms with Crippen LogP contribution in [-0.2, 0) is 9.53 Å². The van der Waals surface area contributed by atoms with Crippen molar-refractivity contribution in [2.75, 3.05) is 18.6 Å². The molecule has 6 nitrogen and oxygen atoms in total. The van der Waals surface area contributed by atoms with Crippen LogP contribution in [0.1, 0.15) is 22.8 Å². The molecule has 0 atom stereocenters. The molecule has 0 aliphatic carbocycles. The van der Waals surface area contributed by atoms with Crippen molar-refractivity contribution in [3.8, 4) is 11.5 Å². The molecule has 0 unspecified atom stereocenters. The minimum absolute atomic E-state index is 0.0166. The molecule has 1 saturated heterocycles. The van der Waals surface area contributed by atoms with Gasteiger partial charge in [0.05, 0.1) is 29.9 Å². The summed E-state index contributed by atoms with van der Waals surface area (Å²) in [6, 6.07) is 11.4. The van der Waals surface area contributed by atoms with E-state index in [2.05, 4.69) is 0 Å². The Kier molecular flexibility index (Phi) is 6.01. The van der Waals surface area contributed by atoms with Crippen LogP contribution in [0.2, 0.25) is 0 Å². The van der Waals surface area contributed by atoms with Crippen LogP contribution in [0.4, 0.5) is 5.69 Å². The maximum atomic E-state index is 12.9.